The Kier molecular flexibility index (Phi) is 5.24. The number of thiol groups is 1. The van der Waals surface area contributed by atoms with Crippen molar-refractivity contribution < 1.29 is 4.79 Å². The smallest absolute Gasteiger partial charge is 0.224 e. The molecule has 0 aromatic heterocycles. The topological polar surface area (TPSA) is 29.1 Å². The van der Waals surface area contributed by atoms with Gasteiger partial charge < -0.3 is 5.32 Å². The van der Waals surface area contributed by atoms with Gasteiger partial charge >= 0.3 is 0 Å². The first-order chi connectivity index (χ1) is 9.65. The van der Waals surface area contributed by atoms with Gasteiger partial charge in [-0.3, -0.25) is 4.79 Å². The second-order valence-electron chi connectivity index (χ2n) is 4.96. The van der Waals surface area contributed by atoms with Crippen LogP contribution in [0.4, 0.5) is 0 Å². The number of hydrogen-bond donors (Lipinski definition) is 2. The van der Waals surface area contributed by atoms with E-state index in [0.29, 0.717) is 18.9 Å². The quantitative estimate of drug-likeness (QED) is 0.810. The average Bonchev–Trinajstić information content (AvgIpc) is 2.48. The fraction of sp³-hybridized carbons (Fsp3) is 0.235. The summed E-state index contributed by atoms with van der Waals surface area (Å²) in [6.45, 7) is 2.78. The van der Waals surface area contributed by atoms with Gasteiger partial charge in [0.05, 0.1) is 6.42 Å². The summed E-state index contributed by atoms with van der Waals surface area (Å²) in [5, 5.41) is 2.99. The normalized spacial score (nSPS) is 11.9. The Labute approximate surface area is 125 Å². The summed E-state index contributed by atoms with van der Waals surface area (Å²) in [7, 11) is 0. The zero-order valence-corrected chi connectivity index (χ0v) is 12.4. The van der Waals surface area contributed by atoms with Crippen molar-refractivity contribution in [1.82, 2.24) is 5.32 Å². The van der Waals surface area contributed by atoms with Gasteiger partial charge in [-0.1, -0.05) is 49.4 Å². The summed E-state index contributed by atoms with van der Waals surface area (Å²) in [4.78, 5) is 12.8. The monoisotopic (exact) mass is 285 g/mol. The van der Waals surface area contributed by atoms with Crippen molar-refractivity contribution >= 4 is 18.5 Å². The summed E-state index contributed by atoms with van der Waals surface area (Å²) in [6, 6.07) is 17.9. The van der Waals surface area contributed by atoms with Crippen molar-refractivity contribution in [2.75, 3.05) is 6.54 Å². The highest BCUT2D eigenvalue weighted by molar-refractivity contribution is 7.80. The summed E-state index contributed by atoms with van der Waals surface area (Å²) in [5.41, 5.74) is 2.25. The van der Waals surface area contributed by atoms with Crippen LogP contribution in [-0.2, 0) is 11.2 Å². The standard InChI is InChI=1S/C17H19NOS/c1-13(15-5-3-2-4-6-15)12-18-17(19)11-14-7-9-16(20)10-8-14/h2-10,13,20H,11-12H2,1H3,(H,18,19). The Hall–Kier alpha value is -1.74. The molecule has 1 N–H and O–H groups in total. The van der Waals surface area contributed by atoms with Gasteiger partial charge in [0.15, 0.2) is 0 Å². The number of carbonyl (C=O) groups excluding carboxylic acids is 1. The highest BCUT2D eigenvalue weighted by Crippen LogP contribution is 2.13. The van der Waals surface area contributed by atoms with Crippen molar-refractivity contribution in [2.24, 2.45) is 0 Å². The Morgan fingerprint density at radius 2 is 1.75 bits per heavy atom. The molecule has 0 saturated heterocycles. The van der Waals surface area contributed by atoms with Crippen LogP contribution in [0.3, 0.4) is 0 Å². The lowest BCUT2D eigenvalue weighted by atomic mass is 10.0. The zero-order chi connectivity index (χ0) is 14.4. The minimum absolute atomic E-state index is 0.0553. The first-order valence-corrected chi connectivity index (χ1v) is 7.19. The summed E-state index contributed by atoms with van der Waals surface area (Å²) < 4.78 is 0. The van der Waals surface area contributed by atoms with Gasteiger partial charge in [0, 0.05) is 11.4 Å². The first kappa shape index (κ1) is 14.7. The summed E-state index contributed by atoms with van der Waals surface area (Å²) >= 11 is 4.23. The largest absolute Gasteiger partial charge is 0.355 e. The lowest BCUT2D eigenvalue weighted by Crippen LogP contribution is -2.28. The van der Waals surface area contributed by atoms with Crippen molar-refractivity contribution in [3.63, 3.8) is 0 Å². The maximum Gasteiger partial charge on any atom is 0.224 e. The Balaban J connectivity index is 1.82. The number of nitrogens with one attached hydrogen (secondary N) is 1. The van der Waals surface area contributed by atoms with E-state index in [-0.39, 0.29) is 5.91 Å². The molecule has 2 nitrogen and oxygen atoms in total. The van der Waals surface area contributed by atoms with Crippen LogP contribution in [0.5, 0.6) is 0 Å². The molecule has 2 rings (SSSR count). The van der Waals surface area contributed by atoms with Crippen LogP contribution in [0.15, 0.2) is 59.5 Å². The third-order valence-corrected chi connectivity index (χ3v) is 3.57. The third-order valence-electron chi connectivity index (χ3n) is 3.28. The molecule has 0 aliphatic heterocycles. The molecule has 20 heavy (non-hydrogen) atoms. The fourth-order valence-corrected chi connectivity index (χ4v) is 2.18. The van der Waals surface area contributed by atoms with E-state index in [1.54, 1.807) is 0 Å². The Bertz CT molecular complexity index is 551. The molecule has 104 valence electrons. The molecule has 1 unspecified atom stereocenters. The molecule has 0 heterocycles. The van der Waals surface area contributed by atoms with E-state index in [0.717, 1.165) is 10.5 Å². The number of hydrogen-bond acceptors (Lipinski definition) is 2. The second kappa shape index (κ2) is 7.15. The lowest BCUT2D eigenvalue weighted by Gasteiger charge is -2.13. The van der Waals surface area contributed by atoms with Gasteiger partial charge in [0.25, 0.3) is 0 Å². The maximum absolute atomic E-state index is 11.9. The molecule has 2 aromatic rings. The molecular formula is C17H19NOS. The highest BCUT2D eigenvalue weighted by atomic mass is 32.1. The van der Waals surface area contributed by atoms with E-state index in [9.17, 15) is 4.79 Å². The number of rotatable bonds is 5. The average molecular weight is 285 g/mol. The molecule has 2 aromatic carbocycles. The highest BCUT2D eigenvalue weighted by Gasteiger charge is 2.08. The number of benzene rings is 2. The van der Waals surface area contributed by atoms with Gasteiger partial charge in [0.1, 0.15) is 0 Å². The van der Waals surface area contributed by atoms with Crippen LogP contribution in [-0.4, -0.2) is 12.5 Å². The van der Waals surface area contributed by atoms with E-state index < -0.39 is 0 Å². The van der Waals surface area contributed by atoms with Gasteiger partial charge in [-0.15, -0.1) is 12.6 Å². The predicted molar refractivity (Wildman–Crippen MR) is 85.3 cm³/mol. The van der Waals surface area contributed by atoms with Gasteiger partial charge in [-0.2, -0.15) is 0 Å². The maximum atomic E-state index is 11.9. The van der Waals surface area contributed by atoms with Crippen LogP contribution < -0.4 is 5.32 Å². The molecule has 0 fully saturated rings. The molecule has 0 spiro atoms. The van der Waals surface area contributed by atoms with E-state index >= 15 is 0 Å². The van der Waals surface area contributed by atoms with Gasteiger partial charge in [0.2, 0.25) is 5.91 Å². The third kappa shape index (κ3) is 4.42. The molecule has 1 amide bonds. The van der Waals surface area contributed by atoms with E-state index in [1.807, 2.05) is 42.5 Å². The second-order valence-corrected chi connectivity index (χ2v) is 5.48. The predicted octanol–water partition coefficient (Wildman–Crippen LogP) is 3.44. The van der Waals surface area contributed by atoms with Crippen LogP contribution in [0.2, 0.25) is 0 Å². The number of carbonyl (C=O) groups is 1. The van der Waals surface area contributed by atoms with Crippen LogP contribution >= 0.6 is 12.6 Å². The van der Waals surface area contributed by atoms with E-state index in [2.05, 4.69) is 37.0 Å². The van der Waals surface area contributed by atoms with E-state index in [4.69, 9.17) is 0 Å². The Morgan fingerprint density at radius 3 is 2.40 bits per heavy atom. The summed E-state index contributed by atoms with van der Waals surface area (Å²) in [6.07, 6.45) is 0.412. The molecule has 0 saturated carbocycles. The van der Waals surface area contributed by atoms with Crippen LogP contribution in [0.1, 0.15) is 24.0 Å². The molecule has 1 atom stereocenters. The molecule has 0 aliphatic carbocycles. The molecular weight excluding hydrogens is 266 g/mol. The van der Waals surface area contributed by atoms with E-state index in [1.165, 1.54) is 5.56 Å². The van der Waals surface area contributed by atoms with Crippen molar-refractivity contribution in [1.29, 1.82) is 0 Å². The lowest BCUT2D eigenvalue weighted by molar-refractivity contribution is -0.120. The van der Waals surface area contributed by atoms with Gasteiger partial charge in [-0.05, 0) is 29.2 Å². The summed E-state index contributed by atoms with van der Waals surface area (Å²) in [5.74, 6) is 0.375. The SMILES string of the molecule is CC(CNC(=O)Cc1ccc(S)cc1)c1ccccc1. The minimum atomic E-state index is 0.0553. The zero-order valence-electron chi connectivity index (χ0n) is 11.5. The fourth-order valence-electron chi connectivity index (χ4n) is 2.03. The van der Waals surface area contributed by atoms with Crippen molar-refractivity contribution in [2.45, 2.75) is 24.2 Å². The minimum Gasteiger partial charge on any atom is -0.355 e. The molecule has 0 aliphatic rings. The molecule has 0 radical (unpaired) electrons. The van der Waals surface area contributed by atoms with Crippen LogP contribution in [0.25, 0.3) is 0 Å². The number of amides is 1. The van der Waals surface area contributed by atoms with Crippen LogP contribution in [0, 0.1) is 0 Å². The first-order valence-electron chi connectivity index (χ1n) is 6.74. The Morgan fingerprint density at radius 1 is 1.10 bits per heavy atom. The molecule has 3 heteroatoms. The molecule has 0 bridgehead atoms. The van der Waals surface area contributed by atoms with Crippen molar-refractivity contribution in [3.8, 4) is 0 Å². The van der Waals surface area contributed by atoms with Crippen molar-refractivity contribution in [3.05, 3.63) is 65.7 Å². The van der Waals surface area contributed by atoms with Gasteiger partial charge in [-0.25, -0.2) is 0 Å².